The van der Waals surface area contributed by atoms with Gasteiger partial charge in [-0.1, -0.05) is 29.8 Å². The molecule has 140 valence electrons. The Balaban J connectivity index is 1.74. The summed E-state index contributed by atoms with van der Waals surface area (Å²) in [5, 5.41) is 4.43. The average Bonchev–Trinajstić information content (AvgIpc) is 3.06. The lowest BCUT2D eigenvalue weighted by Crippen LogP contribution is -2.22. The van der Waals surface area contributed by atoms with Crippen molar-refractivity contribution in [2.45, 2.75) is 13.5 Å². The van der Waals surface area contributed by atoms with Crippen LogP contribution in [0.1, 0.15) is 20.9 Å². The van der Waals surface area contributed by atoms with Gasteiger partial charge in [-0.15, -0.1) is 11.3 Å². The highest BCUT2D eigenvalue weighted by atomic mass is 35.5. The van der Waals surface area contributed by atoms with Crippen molar-refractivity contribution in [2.75, 3.05) is 14.2 Å². The molecule has 0 fully saturated rings. The lowest BCUT2D eigenvalue weighted by atomic mass is 10.2. The van der Waals surface area contributed by atoms with Crippen LogP contribution in [0, 0.1) is 6.92 Å². The zero-order valence-electron chi connectivity index (χ0n) is 15.2. The van der Waals surface area contributed by atoms with Gasteiger partial charge in [-0.25, -0.2) is 4.98 Å². The minimum Gasteiger partial charge on any atom is -0.493 e. The Morgan fingerprint density at radius 3 is 2.59 bits per heavy atom. The van der Waals surface area contributed by atoms with E-state index in [1.165, 1.54) is 18.4 Å². The number of methoxy groups -OCH3 is 2. The summed E-state index contributed by atoms with van der Waals surface area (Å²) in [6.45, 7) is 2.32. The summed E-state index contributed by atoms with van der Waals surface area (Å²) in [5.74, 6) is 0.903. The number of aromatic nitrogens is 1. The molecule has 2 aromatic carbocycles. The molecule has 27 heavy (non-hydrogen) atoms. The number of thiazole rings is 1. The molecule has 0 atom stereocenters. The van der Waals surface area contributed by atoms with E-state index in [1.54, 1.807) is 25.3 Å². The monoisotopic (exact) mass is 402 g/mol. The molecule has 0 radical (unpaired) electrons. The maximum Gasteiger partial charge on any atom is 0.251 e. The zero-order valence-corrected chi connectivity index (χ0v) is 16.8. The van der Waals surface area contributed by atoms with E-state index in [4.69, 9.17) is 21.1 Å². The van der Waals surface area contributed by atoms with Gasteiger partial charge in [0.2, 0.25) is 0 Å². The van der Waals surface area contributed by atoms with Crippen LogP contribution in [-0.4, -0.2) is 25.1 Å². The summed E-state index contributed by atoms with van der Waals surface area (Å²) in [6.07, 6.45) is 0. The highest BCUT2D eigenvalue weighted by molar-refractivity contribution is 7.15. The molecular weight excluding hydrogens is 384 g/mol. The first-order valence-corrected chi connectivity index (χ1v) is 9.44. The predicted molar refractivity (Wildman–Crippen MR) is 108 cm³/mol. The third kappa shape index (κ3) is 4.23. The highest BCUT2D eigenvalue weighted by Crippen LogP contribution is 2.33. The molecule has 0 unspecified atom stereocenters. The molecule has 0 spiro atoms. The molecule has 5 nitrogen and oxygen atoms in total. The van der Waals surface area contributed by atoms with Crippen molar-refractivity contribution >= 4 is 28.8 Å². The van der Waals surface area contributed by atoms with Gasteiger partial charge in [0.25, 0.3) is 5.91 Å². The summed E-state index contributed by atoms with van der Waals surface area (Å²) in [6, 6.07) is 12.7. The van der Waals surface area contributed by atoms with E-state index in [2.05, 4.69) is 10.3 Å². The van der Waals surface area contributed by atoms with Gasteiger partial charge in [-0.3, -0.25) is 4.79 Å². The molecule has 0 saturated heterocycles. The van der Waals surface area contributed by atoms with E-state index in [0.717, 1.165) is 21.1 Å². The fourth-order valence-electron chi connectivity index (χ4n) is 2.58. The van der Waals surface area contributed by atoms with Gasteiger partial charge in [0, 0.05) is 16.0 Å². The second kappa shape index (κ2) is 8.41. The van der Waals surface area contributed by atoms with E-state index in [9.17, 15) is 4.79 Å². The number of rotatable bonds is 6. The van der Waals surface area contributed by atoms with Crippen LogP contribution in [-0.2, 0) is 6.54 Å². The van der Waals surface area contributed by atoms with E-state index in [-0.39, 0.29) is 5.91 Å². The maximum absolute atomic E-state index is 12.5. The third-order valence-electron chi connectivity index (χ3n) is 4.05. The molecule has 1 N–H and O–H groups in total. The van der Waals surface area contributed by atoms with Gasteiger partial charge in [-0.05, 0) is 31.2 Å². The van der Waals surface area contributed by atoms with Crippen molar-refractivity contribution < 1.29 is 14.3 Å². The molecule has 0 aliphatic heterocycles. The molecule has 0 bridgehead atoms. The fraction of sp³-hybridized carbons (Fsp3) is 0.200. The van der Waals surface area contributed by atoms with Gasteiger partial charge in [0.1, 0.15) is 5.01 Å². The van der Waals surface area contributed by atoms with Crippen LogP contribution in [0.25, 0.3) is 10.6 Å². The molecule has 0 aliphatic rings. The second-order valence-electron chi connectivity index (χ2n) is 5.76. The number of nitrogens with zero attached hydrogens (tertiary/aromatic N) is 1. The predicted octanol–water partition coefficient (Wildman–Crippen LogP) is 4.72. The van der Waals surface area contributed by atoms with Crippen LogP contribution >= 0.6 is 22.9 Å². The van der Waals surface area contributed by atoms with E-state index >= 15 is 0 Å². The molecule has 1 amide bonds. The normalized spacial score (nSPS) is 10.5. The molecule has 3 rings (SSSR count). The smallest absolute Gasteiger partial charge is 0.251 e. The standard InChI is InChI=1S/C20H19ClN2O3S/c1-12-18(27-20(23-12)14-6-4-5-7-15(14)21)11-22-19(24)13-8-9-16(25-2)17(10-13)26-3/h4-10H,11H2,1-3H3,(H,22,24). The number of hydrogen-bond acceptors (Lipinski definition) is 5. The Hall–Kier alpha value is -2.57. The molecule has 3 aromatic rings. The molecule has 0 aliphatic carbocycles. The molecule has 0 saturated carbocycles. The number of carbonyl (C=O) groups is 1. The topological polar surface area (TPSA) is 60.5 Å². The van der Waals surface area contributed by atoms with E-state index < -0.39 is 0 Å². The number of hydrogen-bond donors (Lipinski definition) is 1. The lowest BCUT2D eigenvalue weighted by molar-refractivity contribution is 0.0951. The van der Waals surface area contributed by atoms with Crippen LogP contribution < -0.4 is 14.8 Å². The third-order valence-corrected chi connectivity index (χ3v) is 5.57. The summed E-state index contributed by atoms with van der Waals surface area (Å²) in [5.41, 5.74) is 2.27. The Labute approximate surface area is 166 Å². The van der Waals surface area contributed by atoms with Gasteiger partial charge in [0.05, 0.1) is 31.5 Å². The SMILES string of the molecule is COc1ccc(C(=O)NCc2sc(-c3ccccc3Cl)nc2C)cc1OC. The quantitative estimate of drug-likeness (QED) is 0.648. The van der Waals surface area contributed by atoms with Crippen molar-refractivity contribution in [3.05, 3.63) is 63.6 Å². The van der Waals surface area contributed by atoms with Crippen molar-refractivity contribution in [1.29, 1.82) is 0 Å². The van der Waals surface area contributed by atoms with Crippen molar-refractivity contribution in [3.63, 3.8) is 0 Å². The average molecular weight is 403 g/mol. The number of ether oxygens (including phenoxy) is 2. The molecule has 7 heteroatoms. The first kappa shape index (κ1) is 19.2. The van der Waals surface area contributed by atoms with Crippen LogP contribution in [0.3, 0.4) is 0 Å². The summed E-state index contributed by atoms with van der Waals surface area (Å²) < 4.78 is 10.4. The minimum atomic E-state index is -0.192. The number of halogens is 1. The fourth-order valence-corrected chi connectivity index (χ4v) is 3.90. The summed E-state index contributed by atoms with van der Waals surface area (Å²) in [7, 11) is 3.09. The van der Waals surface area contributed by atoms with Crippen molar-refractivity contribution in [1.82, 2.24) is 10.3 Å². The van der Waals surface area contributed by atoms with Gasteiger partial charge in [-0.2, -0.15) is 0 Å². The summed E-state index contributed by atoms with van der Waals surface area (Å²) in [4.78, 5) is 18.1. The van der Waals surface area contributed by atoms with Crippen molar-refractivity contribution in [2.24, 2.45) is 0 Å². The Bertz CT molecular complexity index is 972. The highest BCUT2D eigenvalue weighted by Gasteiger charge is 2.14. The minimum absolute atomic E-state index is 0.192. The van der Waals surface area contributed by atoms with Crippen LogP contribution in [0.4, 0.5) is 0 Å². The van der Waals surface area contributed by atoms with Crippen LogP contribution in [0.15, 0.2) is 42.5 Å². The van der Waals surface area contributed by atoms with Gasteiger partial charge >= 0.3 is 0 Å². The molecular formula is C20H19ClN2O3S. The van der Waals surface area contributed by atoms with Crippen molar-refractivity contribution in [3.8, 4) is 22.1 Å². The number of amides is 1. The second-order valence-corrected chi connectivity index (χ2v) is 7.25. The first-order valence-electron chi connectivity index (χ1n) is 8.25. The Morgan fingerprint density at radius 1 is 1.15 bits per heavy atom. The first-order chi connectivity index (χ1) is 13.0. The number of benzene rings is 2. The van der Waals surface area contributed by atoms with Gasteiger partial charge < -0.3 is 14.8 Å². The van der Waals surface area contributed by atoms with E-state index in [0.29, 0.717) is 28.6 Å². The van der Waals surface area contributed by atoms with E-state index in [1.807, 2.05) is 31.2 Å². The van der Waals surface area contributed by atoms with Gasteiger partial charge in [0.15, 0.2) is 11.5 Å². The zero-order chi connectivity index (χ0) is 19.4. The van der Waals surface area contributed by atoms with Crippen LogP contribution in [0.2, 0.25) is 5.02 Å². The number of carbonyl (C=O) groups excluding carboxylic acids is 1. The number of aryl methyl sites for hydroxylation is 1. The summed E-state index contributed by atoms with van der Waals surface area (Å²) >= 11 is 7.78. The Morgan fingerprint density at radius 2 is 1.89 bits per heavy atom. The maximum atomic E-state index is 12.5. The van der Waals surface area contributed by atoms with Crippen LogP contribution in [0.5, 0.6) is 11.5 Å². The molecule has 1 heterocycles. The Kier molecular flexibility index (Phi) is 5.98. The largest absolute Gasteiger partial charge is 0.493 e. The molecule has 1 aromatic heterocycles. The number of nitrogens with one attached hydrogen (secondary N) is 1. The lowest BCUT2D eigenvalue weighted by Gasteiger charge is -2.09.